The van der Waals surface area contributed by atoms with Crippen LogP contribution in [0.15, 0.2) is 30.5 Å². The average molecular weight is 350 g/mol. The summed E-state index contributed by atoms with van der Waals surface area (Å²) in [7, 11) is 0. The number of rotatable bonds is 4. The summed E-state index contributed by atoms with van der Waals surface area (Å²) in [5, 5.41) is 5.74. The summed E-state index contributed by atoms with van der Waals surface area (Å²) in [6.45, 7) is 0. The molecule has 1 saturated carbocycles. The zero-order valence-corrected chi connectivity index (χ0v) is 13.9. The Labute approximate surface area is 143 Å². The van der Waals surface area contributed by atoms with Gasteiger partial charge in [-0.1, -0.05) is 47.9 Å². The van der Waals surface area contributed by atoms with Gasteiger partial charge in [-0.25, -0.2) is 9.78 Å². The van der Waals surface area contributed by atoms with E-state index in [1.165, 1.54) is 17.5 Å². The average Bonchev–Trinajstić information content (AvgIpc) is 3.19. The van der Waals surface area contributed by atoms with Crippen LogP contribution in [0.2, 0.25) is 4.34 Å². The molecule has 2 amide bonds. The number of anilines is 2. The van der Waals surface area contributed by atoms with E-state index in [4.69, 9.17) is 11.6 Å². The van der Waals surface area contributed by atoms with Gasteiger partial charge in [-0.15, -0.1) is 0 Å². The number of Topliss-reactive ketones (excluding diaryl/α,β-unsaturated/α-hetero) is 1. The van der Waals surface area contributed by atoms with E-state index in [9.17, 15) is 9.59 Å². The van der Waals surface area contributed by atoms with E-state index in [1.807, 2.05) is 6.07 Å². The number of para-hydroxylation sites is 1. The van der Waals surface area contributed by atoms with Crippen LogP contribution in [-0.4, -0.2) is 16.8 Å². The summed E-state index contributed by atoms with van der Waals surface area (Å²) in [6.07, 6.45) is 5.52. The lowest BCUT2D eigenvalue weighted by molar-refractivity contribution is 0.0924. The molecule has 1 aliphatic carbocycles. The highest BCUT2D eigenvalue weighted by atomic mass is 35.5. The van der Waals surface area contributed by atoms with Crippen molar-refractivity contribution in [2.75, 3.05) is 10.6 Å². The number of nitrogens with zero attached hydrogens (tertiary/aromatic N) is 1. The number of urea groups is 1. The number of halogens is 1. The first kappa shape index (κ1) is 16.0. The number of carbonyl (C=O) groups excluding carboxylic acids is 2. The number of hydrogen-bond donors (Lipinski definition) is 2. The second-order valence-corrected chi connectivity index (χ2v) is 7.10. The molecule has 0 atom stereocenters. The van der Waals surface area contributed by atoms with Crippen molar-refractivity contribution in [1.29, 1.82) is 0 Å². The van der Waals surface area contributed by atoms with Gasteiger partial charge < -0.3 is 5.32 Å². The predicted molar refractivity (Wildman–Crippen MR) is 92.5 cm³/mol. The molecular formula is C16H16ClN3O2S. The Morgan fingerprint density at radius 3 is 2.61 bits per heavy atom. The lowest BCUT2D eigenvalue weighted by atomic mass is 9.95. The lowest BCUT2D eigenvalue weighted by Gasteiger charge is -2.13. The van der Waals surface area contributed by atoms with Gasteiger partial charge in [0, 0.05) is 11.5 Å². The third kappa shape index (κ3) is 3.89. The molecule has 7 heteroatoms. The van der Waals surface area contributed by atoms with Crippen LogP contribution in [0.3, 0.4) is 0 Å². The molecular weight excluding hydrogens is 334 g/mol. The molecule has 2 aromatic rings. The van der Waals surface area contributed by atoms with Gasteiger partial charge in [0.1, 0.15) is 4.34 Å². The van der Waals surface area contributed by atoms with Gasteiger partial charge in [0.05, 0.1) is 11.9 Å². The Kier molecular flexibility index (Phi) is 4.93. The molecule has 0 radical (unpaired) electrons. The molecule has 1 aliphatic rings. The van der Waals surface area contributed by atoms with Crippen LogP contribution in [0.5, 0.6) is 0 Å². The van der Waals surface area contributed by atoms with Crippen LogP contribution in [0.4, 0.5) is 15.6 Å². The SMILES string of the molecule is O=C(Nc1ncc(Cl)s1)Nc1ccccc1C(=O)C1CCCC1. The van der Waals surface area contributed by atoms with Crippen LogP contribution < -0.4 is 10.6 Å². The smallest absolute Gasteiger partial charge is 0.307 e. The first-order valence-corrected chi connectivity index (χ1v) is 8.65. The first-order chi connectivity index (χ1) is 11.1. The Hall–Kier alpha value is -1.92. The zero-order chi connectivity index (χ0) is 16.2. The van der Waals surface area contributed by atoms with Crippen LogP contribution >= 0.6 is 22.9 Å². The molecule has 120 valence electrons. The van der Waals surface area contributed by atoms with E-state index in [2.05, 4.69) is 15.6 Å². The lowest BCUT2D eigenvalue weighted by Crippen LogP contribution is -2.22. The number of ketones is 1. The Morgan fingerprint density at radius 2 is 1.91 bits per heavy atom. The fraction of sp³-hybridized carbons (Fsp3) is 0.312. The fourth-order valence-corrected chi connectivity index (χ4v) is 3.59. The number of carbonyl (C=O) groups is 2. The molecule has 0 saturated heterocycles. The number of amides is 2. The van der Waals surface area contributed by atoms with E-state index in [0.717, 1.165) is 25.7 Å². The summed E-state index contributed by atoms with van der Waals surface area (Å²) in [5.74, 6) is 0.175. The number of benzene rings is 1. The second-order valence-electron chi connectivity index (χ2n) is 5.44. The zero-order valence-electron chi connectivity index (χ0n) is 12.3. The van der Waals surface area contributed by atoms with E-state index < -0.39 is 6.03 Å². The minimum Gasteiger partial charge on any atom is -0.307 e. The number of aromatic nitrogens is 1. The number of thiazole rings is 1. The Bertz CT molecular complexity index is 726. The topological polar surface area (TPSA) is 71.1 Å². The highest BCUT2D eigenvalue weighted by Gasteiger charge is 2.25. The maximum Gasteiger partial charge on any atom is 0.325 e. The van der Waals surface area contributed by atoms with Gasteiger partial charge in [0.25, 0.3) is 0 Å². The summed E-state index contributed by atoms with van der Waals surface area (Å²) in [6, 6.07) is 6.66. The van der Waals surface area contributed by atoms with Crippen LogP contribution in [0, 0.1) is 5.92 Å². The van der Waals surface area contributed by atoms with Gasteiger partial charge in [-0.2, -0.15) is 0 Å². The summed E-state index contributed by atoms with van der Waals surface area (Å²) in [5.41, 5.74) is 1.08. The Morgan fingerprint density at radius 1 is 1.17 bits per heavy atom. The van der Waals surface area contributed by atoms with Gasteiger partial charge in [-0.3, -0.25) is 10.1 Å². The van der Waals surface area contributed by atoms with Gasteiger partial charge in [0.2, 0.25) is 0 Å². The predicted octanol–water partition coefficient (Wildman–Crippen LogP) is 4.81. The largest absolute Gasteiger partial charge is 0.325 e. The molecule has 1 aromatic carbocycles. The molecule has 3 rings (SSSR count). The fourth-order valence-electron chi connectivity index (χ4n) is 2.78. The van der Waals surface area contributed by atoms with Crippen molar-refractivity contribution in [3.05, 3.63) is 40.4 Å². The van der Waals surface area contributed by atoms with Crippen LogP contribution in [0.25, 0.3) is 0 Å². The summed E-state index contributed by atoms with van der Waals surface area (Å²) < 4.78 is 0.497. The standard InChI is InChI=1S/C16H16ClN3O2S/c17-13-9-18-16(23-13)20-15(22)19-12-8-4-3-7-11(12)14(21)10-5-1-2-6-10/h3-4,7-10H,1-2,5-6H2,(H2,18,19,20,22). The van der Waals surface area contributed by atoms with Crippen LogP contribution in [0.1, 0.15) is 36.0 Å². The normalized spacial score (nSPS) is 14.7. The first-order valence-electron chi connectivity index (χ1n) is 7.46. The van der Waals surface area contributed by atoms with Crippen molar-refractivity contribution in [1.82, 2.24) is 4.98 Å². The molecule has 5 nitrogen and oxygen atoms in total. The molecule has 1 aromatic heterocycles. The number of hydrogen-bond acceptors (Lipinski definition) is 4. The van der Waals surface area contributed by atoms with E-state index in [1.54, 1.807) is 18.2 Å². The van der Waals surface area contributed by atoms with Crippen molar-refractivity contribution in [2.24, 2.45) is 5.92 Å². The molecule has 1 heterocycles. The van der Waals surface area contributed by atoms with E-state index in [0.29, 0.717) is 20.7 Å². The molecule has 0 aliphatic heterocycles. The molecule has 0 spiro atoms. The van der Waals surface area contributed by atoms with Gasteiger partial charge >= 0.3 is 6.03 Å². The van der Waals surface area contributed by atoms with Crippen molar-refractivity contribution in [3.63, 3.8) is 0 Å². The third-order valence-corrected chi connectivity index (χ3v) is 4.89. The maximum atomic E-state index is 12.6. The Balaban J connectivity index is 1.72. The molecule has 1 fully saturated rings. The highest BCUT2D eigenvalue weighted by Crippen LogP contribution is 2.30. The summed E-state index contributed by atoms with van der Waals surface area (Å²) >= 11 is 6.96. The van der Waals surface area contributed by atoms with E-state index in [-0.39, 0.29) is 11.7 Å². The molecule has 2 N–H and O–H groups in total. The van der Waals surface area contributed by atoms with Crippen molar-refractivity contribution < 1.29 is 9.59 Å². The van der Waals surface area contributed by atoms with Gasteiger partial charge in [-0.05, 0) is 25.0 Å². The monoisotopic (exact) mass is 349 g/mol. The maximum absolute atomic E-state index is 12.6. The third-order valence-electron chi connectivity index (χ3n) is 3.86. The summed E-state index contributed by atoms with van der Waals surface area (Å²) in [4.78, 5) is 28.7. The molecule has 0 bridgehead atoms. The molecule has 0 unspecified atom stereocenters. The van der Waals surface area contributed by atoms with Crippen molar-refractivity contribution >= 4 is 45.6 Å². The quantitative estimate of drug-likeness (QED) is 0.778. The number of nitrogens with one attached hydrogen (secondary N) is 2. The highest BCUT2D eigenvalue weighted by molar-refractivity contribution is 7.19. The van der Waals surface area contributed by atoms with Gasteiger partial charge in [0.15, 0.2) is 10.9 Å². The van der Waals surface area contributed by atoms with Crippen molar-refractivity contribution in [2.45, 2.75) is 25.7 Å². The minimum absolute atomic E-state index is 0.0683. The minimum atomic E-state index is -0.442. The molecule has 23 heavy (non-hydrogen) atoms. The van der Waals surface area contributed by atoms with Crippen LogP contribution in [-0.2, 0) is 0 Å². The second kappa shape index (κ2) is 7.10. The van der Waals surface area contributed by atoms with E-state index >= 15 is 0 Å². The van der Waals surface area contributed by atoms with Crippen molar-refractivity contribution in [3.8, 4) is 0 Å².